The van der Waals surface area contributed by atoms with E-state index in [0.29, 0.717) is 5.69 Å². The fourth-order valence-electron chi connectivity index (χ4n) is 2.89. The molecule has 2 aromatic carbocycles. The number of hydrogen-bond donors (Lipinski definition) is 2. The van der Waals surface area contributed by atoms with Crippen LogP contribution in [0.1, 0.15) is 5.56 Å². The molecule has 1 saturated heterocycles. The van der Waals surface area contributed by atoms with Gasteiger partial charge in [-0.25, -0.2) is 4.79 Å². The van der Waals surface area contributed by atoms with Gasteiger partial charge in [-0.2, -0.15) is 13.2 Å². The van der Waals surface area contributed by atoms with Crippen molar-refractivity contribution < 1.29 is 18.0 Å². The molecular formula is C19H21F3N4O. The van der Waals surface area contributed by atoms with Gasteiger partial charge in [0.1, 0.15) is 0 Å². The Hall–Kier alpha value is -2.74. The maximum atomic E-state index is 12.7. The number of likely N-dealkylation sites (N-methyl/N-ethyl adjacent to an activating group) is 1. The summed E-state index contributed by atoms with van der Waals surface area (Å²) in [4.78, 5) is 16.6. The second kappa shape index (κ2) is 7.87. The van der Waals surface area contributed by atoms with Gasteiger partial charge < -0.3 is 20.4 Å². The average Bonchev–Trinajstić information content (AvgIpc) is 2.62. The molecule has 0 saturated carbocycles. The molecule has 2 N–H and O–H groups in total. The first-order valence-electron chi connectivity index (χ1n) is 8.60. The van der Waals surface area contributed by atoms with Crippen molar-refractivity contribution in [1.82, 2.24) is 4.90 Å². The van der Waals surface area contributed by atoms with Gasteiger partial charge in [0.05, 0.1) is 5.56 Å². The predicted octanol–water partition coefficient (Wildman–Crippen LogP) is 4.10. The molecule has 0 unspecified atom stereocenters. The number of nitrogens with zero attached hydrogens (tertiary/aromatic N) is 2. The lowest BCUT2D eigenvalue weighted by Gasteiger charge is -2.34. The zero-order chi connectivity index (χ0) is 19.4. The van der Waals surface area contributed by atoms with Crippen LogP contribution in [0.2, 0.25) is 0 Å². The molecule has 1 aliphatic rings. The molecule has 27 heavy (non-hydrogen) atoms. The Morgan fingerprint density at radius 1 is 0.926 bits per heavy atom. The minimum atomic E-state index is -4.45. The molecule has 0 radical (unpaired) electrons. The van der Waals surface area contributed by atoms with Crippen molar-refractivity contribution in [3.8, 4) is 0 Å². The smallest absolute Gasteiger partial charge is 0.369 e. The highest BCUT2D eigenvalue weighted by atomic mass is 19.4. The highest BCUT2D eigenvalue weighted by molar-refractivity contribution is 5.99. The maximum absolute atomic E-state index is 12.7. The normalized spacial score (nSPS) is 15.5. The quantitative estimate of drug-likeness (QED) is 0.845. The maximum Gasteiger partial charge on any atom is 0.416 e. The standard InChI is InChI=1S/C19H21F3N4O/c1-25-9-11-26(12-10-25)17-7-5-15(6-8-17)23-18(27)24-16-4-2-3-14(13-16)19(20,21)22/h2-8,13H,9-12H2,1H3,(H2,23,24,27). The summed E-state index contributed by atoms with van der Waals surface area (Å²) in [6.45, 7) is 3.89. The van der Waals surface area contributed by atoms with Crippen molar-refractivity contribution in [2.75, 3.05) is 48.8 Å². The van der Waals surface area contributed by atoms with Crippen molar-refractivity contribution in [2.45, 2.75) is 6.18 Å². The highest BCUT2D eigenvalue weighted by Gasteiger charge is 2.30. The Morgan fingerprint density at radius 3 is 2.19 bits per heavy atom. The zero-order valence-corrected chi connectivity index (χ0v) is 14.9. The van der Waals surface area contributed by atoms with Gasteiger partial charge in [0.15, 0.2) is 0 Å². The number of carbonyl (C=O) groups excluding carboxylic acids is 1. The van der Waals surface area contributed by atoms with Gasteiger partial charge in [0.2, 0.25) is 0 Å². The number of anilines is 3. The van der Waals surface area contributed by atoms with E-state index in [1.54, 1.807) is 12.1 Å². The van der Waals surface area contributed by atoms with Crippen LogP contribution in [0.5, 0.6) is 0 Å². The molecule has 0 aromatic heterocycles. The van der Waals surface area contributed by atoms with Gasteiger partial charge in [0, 0.05) is 43.2 Å². The fraction of sp³-hybridized carbons (Fsp3) is 0.316. The Kier molecular flexibility index (Phi) is 5.55. The summed E-state index contributed by atoms with van der Waals surface area (Å²) in [5.41, 5.74) is 0.914. The Labute approximate surface area is 155 Å². The molecule has 0 aliphatic carbocycles. The second-order valence-corrected chi connectivity index (χ2v) is 6.49. The lowest BCUT2D eigenvalue weighted by molar-refractivity contribution is -0.137. The molecule has 0 spiro atoms. The van der Waals surface area contributed by atoms with E-state index < -0.39 is 17.8 Å². The summed E-state index contributed by atoms with van der Waals surface area (Å²) >= 11 is 0. The molecule has 144 valence electrons. The Balaban J connectivity index is 1.58. The van der Waals surface area contributed by atoms with Gasteiger partial charge >= 0.3 is 12.2 Å². The Morgan fingerprint density at radius 2 is 1.56 bits per heavy atom. The molecule has 1 fully saturated rings. The van der Waals surface area contributed by atoms with Crippen molar-refractivity contribution in [1.29, 1.82) is 0 Å². The van der Waals surface area contributed by atoms with Gasteiger partial charge in [0.25, 0.3) is 0 Å². The van der Waals surface area contributed by atoms with Crippen LogP contribution in [-0.4, -0.2) is 44.2 Å². The van der Waals surface area contributed by atoms with Gasteiger partial charge in [-0.3, -0.25) is 0 Å². The molecule has 1 heterocycles. The number of carbonyl (C=O) groups is 1. The SMILES string of the molecule is CN1CCN(c2ccc(NC(=O)Nc3cccc(C(F)(F)F)c3)cc2)CC1. The summed E-state index contributed by atoms with van der Waals surface area (Å²) in [6, 6.07) is 11.3. The topological polar surface area (TPSA) is 47.6 Å². The number of urea groups is 1. The van der Waals surface area contributed by atoms with Crippen LogP contribution in [0.15, 0.2) is 48.5 Å². The Bertz CT molecular complexity index is 784. The summed E-state index contributed by atoms with van der Waals surface area (Å²) < 4.78 is 38.2. The van der Waals surface area contributed by atoms with Crippen molar-refractivity contribution in [3.05, 3.63) is 54.1 Å². The number of hydrogen-bond acceptors (Lipinski definition) is 3. The van der Waals surface area contributed by atoms with Gasteiger partial charge in [-0.05, 0) is 49.5 Å². The van der Waals surface area contributed by atoms with Gasteiger partial charge in [-0.1, -0.05) is 6.07 Å². The number of benzene rings is 2. The molecular weight excluding hydrogens is 357 g/mol. The van der Waals surface area contributed by atoms with Crippen molar-refractivity contribution in [2.24, 2.45) is 0 Å². The average molecular weight is 378 g/mol. The zero-order valence-electron chi connectivity index (χ0n) is 14.9. The lowest BCUT2D eigenvalue weighted by Crippen LogP contribution is -2.44. The molecule has 3 rings (SSSR count). The number of halogens is 3. The van der Waals surface area contributed by atoms with E-state index in [0.717, 1.165) is 44.0 Å². The summed E-state index contributed by atoms with van der Waals surface area (Å²) in [7, 11) is 2.09. The predicted molar refractivity (Wildman–Crippen MR) is 100 cm³/mol. The third-order valence-corrected chi connectivity index (χ3v) is 4.44. The number of piperazine rings is 1. The summed E-state index contributed by atoms with van der Waals surface area (Å²) in [5, 5.41) is 5.05. The summed E-state index contributed by atoms with van der Waals surface area (Å²) in [6.07, 6.45) is -4.45. The molecule has 0 atom stereocenters. The minimum absolute atomic E-state index is 0.0800. The van der Waals surface area contributed by atoms with Crippen LogP contribution in [0.25, 0.3) is 0 Å². The van der Waals surface area contributed by atoms with Gasteiger partial charge in [-0.15, -0.1) is 0 Å². The monoisotopic (exact) mass is 378 g/mol. The number of alkyl halides is 3. The fourth-order valence-corrected chi connectivity index (χ4v) is 2.89. The molecule has 0 bridgehead atoms. The molecule has 2 amide bonds. The lowest BCUT2D eigenvalue weighted by atomic mass is 10.2. The van der Waals surface area contributed by atoms with E-state index in [-0.39, 0.29) is 5.69 Å². The number of amides is 2. The van der Waals surface area contributed by atoms with Crippen LogP contribution in [0, 0.1) is 0 Å². The largest absolute Gasteiger partial charge is 0.416 e. The van der Waals surface area contributed by atoms with E-state index in [1.807, 2.05) is 12.1 Å². The first-order valence-corrected chi connectivity index (χ1v) is 8.60. The van der Waals surface area contributed by atoms with E-state index in [9.17, 15) is 18.0 Å². The highest BCUT2D eigenvalue weighted by Crippen LogP contribution is 2.30. The third-order valence-electron chi connectivity index (χ3n) is 4.44. The first kappa shape index (κ1) is 19.0. The van der Waals surface area contributed by atoms with E-state index in [2.05, 4.69) is 27.5 Å². The van der Waals surface area contributed by atoms with E-state index >= 15 is 0 Å². The number of rotatable bonds is 3. The minimum Gasteiger partial charge on any atom is -0.369 e. The van der Waals surface area contributed by atoms with Crippen LogP contribution in [0.3, 0.4) is 0 Å². The van der Waals surface area contributed by atoms with Crippen LogP contribution < -0.4 is 15.5 Å². The molecule has 8 heteroatoms. The van der Waals surface area contributed by atoms with E-state index in [4.69, 9.17) is 0 Å². The molecule has 1 aliphatic heterocycles. The first-order chi connectivity index (χ1) is 12.8. The summed E-state index contributed by atoms with van der Waals surface area (Å²) in [5.74, 6) is 0. The van der Waals surface area contributed by atoms with Crippen molar-refractivity contribution >= 4 is 23.1 Å². The molecule has 2 aromatic rings. The third kappa shape index (κ3) is 5.13. The van der Waals surface area contributed by atoms with Crippen LogP contribution >= 0.6 is 0 Å². The van der Waals surface area contributed by atoms with E-state index in [1.165, 1.54) is 12.1 Å². The van der Waals surface area contributed by atoms with Crippen LogP contribution in [-0.2, 0) is 6.18 Å². The molecule has 5 nitrogen and oxygen atoms in total. The van der Waals surface area contributed by atoms with Crippen LogP contribution in [0.4, 0.5) is 35.0 Å². The second-order valence-electron chi connectivity index (χ2n) is 6.49. The van der Waals surface area contributed by atoms with Crippen molar-refractivity contribution in [3.63, 3.8) is 0 Å². The number of nitrogens with one attached hydrogen (secondary N) is 2.